The number of carbonyl (C=O) groups is 2. The second kappa shape index (κ2) is 8.38. The molecule has 3 amide bonds. The molecule has 1 heterocycles. The molecule has 2 aromatic carbocycles. The normalized spacial score (nSPS) is 18.5. The Morgan fingerprint density at radius 1 is 1.14 bits per heavy atom. The molecule has 1 aliphatic heterocycles. The van der Waals surface area contributed by atoms with Gasteiger partial charge in [-0.3, -0.25) is 10.1 Å². The highest BCUT2D eigenvalue weighted by Crippen LogP contribution is 2.45. The zero-order chi connectivity index (χ0) is 20.3. The van der Waals surface area contributed by atoms with Crippen LogP contribution in [0.1, 0.15) is 17.0 Å². The van der Waals surface area contributed by atoms with E-state index in [-0.39, 0.29) is 5.03 Å². The van der Waals surface area contributed by atoms with Gasteiger partial charge in [0.2, 0.25) is 5.91 Å². The van der Waals surface area contributed by atoms with E-state index in [1.165, 1.54) is 0 Å². The molecule has 0 spiro atoms. The van der Waals surface area contributed by atoms with Crippen molar-refractivity contribution in [1.82, 2.24) is 5.32 Å². The number of benzene rings is 2. The number of allylic oxidation sites excluding steroid dienone is 1. The SMILES string of the molecule is Cc1ccc(NC(=O)NC(=O)C2SC(N)=C(C#N)C2c2ccc(Cl)cc2)cc1. The minimum absolute atomic E-state index is 0.279. The van der Waals surface area contributed by atoms with E-state index in [0.29, 0.717) is 16.3 Å². The molecule has 2 atom stereocenters. The Kier molecular flexibility index (Phi) is 5.93. The number of carbonyl (C=O) groups excluding carboxylic acids is 2. The van der Waals surface area contributed by atoms with Gasteiger partial charge < -0.3 is 11.1 Å². The number of nitriles is 1. The van der Waals surface area contributed by atoms with Crippen LogP contribution in [0.15, 0.2) is 59.1 Å². The molecule has 4 N–H and O–H groups in total. The fraction of sp³-hybridized carbons (Fsp3) is 0.150. The summed E-state index contributed by atoms with van der Waals surface area (Å²) in [6.07, 6.45) is 0. The van der Waals surface area contributed by atoms with Gasteiger partial charge in [-0.1, -0.05) is 53.2 Å². The first kappa shape index (κ1) is 19.8. The number of aryl methyl sites for hydroxylation is 1. The van der Waals surface area contributed by atoms with Crippen molar-refractivity contribution in [2.45, 2.75) is 18.1 Å². The molecular weight excluding hydrogens is 396 g/mol. The minimum Gasteiger partial charge on any atom is -0.393 e. The number of anilines is 1. The lowest BCUT2D eigenvalue weighted by Crippen LogP contribution is -2.41. The third kappa shape index (κ3) is 4.30. The number of hydrogen-bond acceptors (Lipinski definition) is 5. The highest BCUT2D eigenvalue weighted by Gasteiger charge is 2.41. The zero-order valence-corrected chi connectivity index (χ0v) is 16.5. The maximum Gasteiger partial charge on any atom is 0.325 e. The van der Waals surface area contributed by atoms with E-state index in [1.54, 1.807) is 36.4 Å². The first-order chi connectivity index (χ1) is 13.4. The van der Waals surface area contributed by atoms with E-state index in [4.69, 9.17) is 17.3 Å². The van der Waals surface area contributed by atoms with E-state index in [0.717, 1.165) is 22.9 Å². The summed E-state index contributed by atoms with van der Waals surface area (Å²) in [6.45, 7) is 1.94. The van der Waals surface area contributed by atoms with Crippen LogP contribution in [0.5, 0.6) is 0 Å². The fourth-order valence-electron chi connectivity index (χ4n) is 2.90. The molecular formula is C20H17ClN4O2S. The van der Waals surface area contributed by atoms with Gasteiger partial charge in [0.1, 0.15) is 5.25 Å². The van der Waals surface area contributed by atoms with Crippen LogP contribution >= 0.6 is 23.4 Å². The van der Waals surface area contributed by atoms with Crippen molar-refractivity contribution < 1.29 is 9.59 Å². The first-order valence-corrected chi connectivity index (χ1v) is 9.65. The molecule has 142 valence electrons. The maximum absolute atomic E-state index is 12.7. The summed E-state index contributed by atoms with van der Waals surface area (Å²) in [5.74, 6) is -1.08. The standard InChI is InChI=1S/C20H17ClN4O2S/c1-11-2-8-14(9-3-11)24-20(27)25-19(26)17-16(15(10-22)18(23)28-17)12-4-6-13(21)7-5-12/h2-9,16-17H,23H2,1H3,(H2,24,25,26,27). The zero-order valence-electron chi connectivity index (χ0n) is 14.9. The number of amides is 3. The van der Waals surface area contributed by atoms with Gasteiger partial charge in [0.25, 0.3) is 0 Å². The summed E-state index contributed by atoms with van der Waals surface area (Å²) < 4.78 is 0. The highest BCUT2D eigenvalue weighted by atomic mass is 35.5. The van der Waals surface area contributed by atoms with Crippen LogP contribution in [0.2, 0.25) is 5.02 Å². The summed E-state index contributed by atoms with van der Waals surface area (Å²) in [5, 5.41) is 14.5. The van der Waals surface area contributed by atoms with Crippen LogP contribution in [-0.2, 0) is 4.79 Å². The van der Waals surface area contributed by atoms with Crippen molar-refractivity contribution in [1.29, 1.82) is 5.26 Å². The van der Waals surface area contributed by atoms with E-state index in [2.05, 4.69) is 16.7 Å². The largest absolute Gasteiger partial charge is 0.393 e. The molecule has 0 bridgehead atoms. The molecule has 0 fully saturated rings. The predicted molar refractivity (Wildman–Crippen MR) is 111 cm³/mol. The molecule has 2 unspecified atom stereocenters. The molecule has 2 aromatic rings. The second-order valence-corrected chi connectivity index (χ2v) is 7.89. The molecule has 0 saturated carbocycles. The Hall–Kier alpha value is -2.95. The summed E-state index contributed by atoms with van der Waals surface area (Å²) in [5.41, 5.74) is 8.62. The summed E-state index contributed by atoms with van der Waals surface area (Å²) in [4.78, 5) is 25.0. The van der Waals surface area contributed by atoms with Crippen molar-refractivity contribution in [3.8, 4) is 6.07 Å². The quantitative estimate of drug-likeness (QED) is 0.708. The smallest absolute Gasteiger partial charge is 0.325 e. The van der Waals surface area contributed by atoms with E-state index >= 15 is 0 Å². The van der Waals surface area contributed by atoms with Crippen LogP contribution in [0.4, 0.5) is 10.5 Å². The highest BCUT2D eigenvalue weighted by molar-refractivity contribution is 8.04. The Morgan fingerprint density at radius 2 is 1.79 bits per heavy atom. The average molecular weight is 413 g/mol. The summed E-state index contributed by atoms with van der Waals surface area (Å²) >= 11 is 7.01. The summed E-state index contributed by atoms with van der Waals surface area (Å²) in [7, 11) is 0. The van der Waals surface area contributed by atoms with Crippen LogP contribution in [0, 0.1) is 18.3 Å². The van der Waals surface area contributed by atoms with Crippen LogP contribution < -0.4 is 16.4 Å². The Labute approximate surface area is 171 Å². The van der Waals surface area contributed by atoms with Gasteiger partial charge in [-0.25, -0.2) is 4.79 Å². The van der Waals surface area contributed by atoms with Gasteiger partial charge in [-0.05, 0) is 36.8 Å². The fourth-order valence-corrected chi connectivity index (χ4v) is 4.19. The third-order valence-corrected chi connectivity index (χ3v) is 5.75. The van der Waals surface area contributed by atoms with Gasteiger partial charge in [-0.2, -0.15) is 5.26 Å². The lowest BCUT2D eigenvalue weighted by Gasteiger charge is -2.19. The van der Waals surface area contributed by atoms with Gasteiger partial charge in [0, 0.05) is 16.6 Å². The number of nitrogens with one attached hydrogen (secondary N) is 2. The van der Waals surface area contributed by atoms with Gasteiger partial charge >= 0.3 is 6.03 Å². The van der Waals surface area contributed by atoms with Gasteiger partial charge in [-0.15, -0.1) is 0 Å². The number of halogens is 1. The van der Waals surface area contributed by atoms with Gasteiger partial charge in [0.05, 0.1) is 16.7 Å². The molecule has 8 heteroatoms. The number of rotatable bonds is 3. The predicted octanol–water partition coefficient (Wildman–Crippen LogP) is 3.89. The second-order valence-electron chi connectivity index (χ2n) is 6.27. The van der Waals surface area contributed by atoms with Crippen LogP contribution in [0.3, 0.4) is 0 Å². The van der Waals surface area contributed by atoms with Crippen molar-refractivity contribution >= 4 is 41.0 Å². The Morgan fingerprint density at radius 3 is 2.39 bits per heavy atom. The number of nitrogens with two attached hydrogens (primary N) is 1. The Bertz CT molecular complexity index is 981. The number of hydrogen-bond donors (Lipinski definition) is 3. The van der Waals surface area contributed by atoms with Crippen molar-refractivity contribution in [3.63, 3.8) is 0 Å². The first-order valence-electron chi connectivity index (χ1n) is 8.39. The topological polar surface area (TPSA) is 108 Å². The Balaban J connectivity index is 1.76. The summed E-state index contributed by atoms with van der Waals surface area (Å²) in [6, 6.07) is 15.5. The van der Waals surface area contributed by atoms with Crippen LogP contribution in [-0.4, -0.2) is 17.2 Å². The lowest BCUT2D eigenvalue weighted by molar-refractivity contribution is -0.119. The molecule has 0 aromatic heterocycles. The molecule has 28 heavy (non-hydrogen) atoms. The molecule has 3 rings (SSSR count). The third-order valence-electron chi connectivity index (χ3n) is 4.29. The minimum atomic E-state index is -0.736. The average Bonchev–Trinajstić information content (AvgIpc) is 3.00. The molecule has 0 saturated heterocycles. The lowest BCUT2D eigenvalue weighted by atomic mass is 9.89. The van der Waals surface area contributed by atoms with E-state index < -0.39 is 23.1 Å². The molecule has 6 nitrogen and oxygen atoms in total. The maximum atomic E-state index is 12.7. The number of urea groups is 1. The van der Waals surface area contributed by atoms with Crippen molar-refractivity contribution in [2.24, 2.45) is 5.73 Å². The van der Waals surface area contributed by atoms with E-state index in [9.17, 15) is 14.9 Å². The van der Waals surface area contributed by atoms with Crippen LogP contribution in [0.25, 0.3) is 0 Å². The van der Waals surface area contributed by atoms with Crippen molar-refractivity contribution in [3.05, 3.63) is 75.3 Å². The monoisotopic (exact) mass is 412 g/mol. The number of nitrogens with zero attached hydrogens (tertiary/aromatic N) is 1. The molecule has 0 aliphatic carbocycles. The van der Waals surface area contributed by atoms with Gasteiger partial charge in [0.15, 0.2) is 0 Å². The van der Waals surface area contributed by atoms with Crippen molar-refractivity contribution in [2.75, 3.05) is 5.32 Å². The number of thioether (sulfide) groups is 1. The molecule has 1 aliphatic rings. The number of imide groups is 1. The van der Waals surface area contributed by atoms with E-state index in [1.807, 2.05) is 19.1 Å². The molecule has 0 radical (unpaired) electrons.